The Hall–Kier alpha value is -1.46. The third kappa shape index (κ3) is 2.59. The van der Waals surface area contributed by atoms with Gasteiger partial charge in [-0.2, -0.15) is 0 Å². The molecule has 2 N–H and O–H groups in total. The second-order valence-electron chi connectivity index (χ2n) is 8.19. The summed E-state index contributed by atoms with van der Waals surface area (Å²) in [5.74, 6) is 1.26. The normalized spacial score (nSPS) is 38.2. The van der Waals surface area contributed by atoms with Gasteiger partial charge in [0.15, 0.2) is 0 Å². The van der Waals surface area contributed by atoms with E-state index in [9.17, 15) is 4.79 Å². The van der Waals surface area contributed by atoms with E-state index in [2.05, 4.69) is 16.8 Å². The molecule has 5 nitrogen and oxygen atoms in total. The number of ether oxygens (including phenoxy) is 1. The summed E-state index contributed by atoms with van der Waals surface area (Å²) in [6, 6.07) is 4.62. The fourth-order valence-corrected chi connectivity index (χ4v) is 5.66. The number of aromatic nitrogens is 1. The molecule has 0 spiro atoms. The molecule has 1 aromatic heterocycles. The second-order valence-corrected chi connectivity index (χ2v) is 8.19. The number of likely N-dealkylation sites (tertiary alicyclic amines) is 1. The Bertz CT molecular complexity index is 648. The van der Waals surface area contributed by atoms with Crippen LogP contribution < -0.4 is 5.73 Å². The first-order valence-corrected chi connectivity index (χ1v) is 9.61. The van der Waals surface area contributed by atoms with Gasteiger partial charge >= 0.3 is 0 Å². The largest absolute Gasteiger partial charge is 0.373 e. The zero-order valence-electron chi connectivity index (χ0n) is 15.3. The molecule has 2 bridgehead atoms. The second kappa shape index (κ2) is 6.36. The van der Waals surface area contributed by atoms with Gasteiger partial charge in [-0.05, 0) is 49.3 Å². The van der Waals surface area contributed by atoms with Crippen molar-refractivity contribution in [3.63, 3.8) is 0 Å². The molecule has 1 saturated heterocycles. The van der Waals surface area contributed by atoms with Gasteiger partial charge in [0.2, 0.25) is 0 Å². The predicted molar refractivity (Wildman–Crippen MR) is 96.0 cm³/mol. The summed E-state index contributed by atoms with van der Waals surface area (Å²) in [5.41, 5.74) is 6.57. The molecule has 136 valence electrons. The van der Waals surface area contributed by atoms with Crippen molar-refractivity contribution in [2.45, 2.75) is 50.7 Å². The topological polar surface area (TPSA) is 68.5 Å². The van der Waals surface area contributed by atoms with E-state index in [0.29, 0.717) is 17.5 Å². The SMILES string of the molecule is COC1(c2ccnc(C(N)=O)c2)C2CCCC1CN(C1CC[C@@H]1C)C2. The molecule has 4 rings (SSSR count). The van der Waals surface area contributed by atoms with Gasteiger partial charge < -0.3 is 10.5 Å². The third-order valence-corrected chi connectivity index (χ3v) is 7.07. The number of amides is 1. The predicted octanol–water partition coefficient (Wildman–Crippen LogP) is 2.55. The van der Waals surface area contributed by atoms with Crippen LogP contribution in [0.5, 0.6) is 0 Å². The molecule has 1 aromatic rings. The Morgan fingerprint density at radius 1 is 1.28 bits per heavy atom. The Morgan fingerprint density at radius 3 is 2.52 bits per heavy atom. The molecular formula is C20H29N3O2. The zero-order valence-corrected chi connectivity index (χ0v) is 15.3. The number of carbonyl (C=O) groups excluding carboxylic acids is 1. The minimum atomic E-state index is -0.473. The Balaban J connectivity index is 1.69. The van der Waals surface area contributed by atoms with Crippen molar-refractivity contribution < 1.29 is 9.53 Å². The number of nitrogens with two attached hydrogens (primary N) is 1. The van der Waals surface area contributed by atoms with Gasteiger partial charge in [-0.25, -0.2) is 0 Å². The summed E-state index contributed by atoms with van der Waals surface area (Å²) >= 11 is 0. The lowest BCUT2D eigenvalue weighted by molar-refractivity contribution is -0.181. The van der Waals surface area contributed by atoms with Gasteiger partial charge in [0.05, 0.1) is 0 Å². The maximum absolute atomic E-state index is 11.6. The van der Waals surface area contributed by atoms with Gasteiger partial charge in [-0.15, -0.1) is 0 Å². The first-order chi connectivity index (χ1) is 12.1. The van der Waals surface area contributed by atoms with E-state index in [1.165, 1.54) is 32.1 Å². The van der Waals surface area contributed by atoms with E-state index in [-0.39, 0.29) is 5.60 Å². The van der Waals surface area contributed by atoms with E-state index in [1.54, 1.807) is 6.20 Å². The lowest BCUT2D eigenvalue weighted by Gasteiger charge is -2.58. The first kappa shape index (κ1) is 17.0. The van der Waals surface area contributed by atoms with Crippen LogP contribution in [0.1, 0.15) is 55.1 Å². The van der Waals surface area contributed by atoms with Crippen molar-refractivity contribution in [1.82, 2.24) is 9.88 Å². The van der Waals surface area contributed by atoms with E-state index in [4.69, 9.17) is 10.5 Å². The van der Waals surface area contributed by atoms with Crippen molar-refractivity contribution in [3.05, 3.63) is 29.6 Å². The van der Waals surface area contributed by atoms with Crippen LogP contribution in [-0.2, 0) is 10.3 Å². The number of methoxy groups -OCH3 is 1. The van der Waals surface area contributed by atoms with Crippen LogP contribution in [-0.4, -0.2) is 42.0 Å². The summed E-state index contributed by atoms with van der Waals surface area (Å²) in [6.45, 7) is 4.56. The van der Waals surface area contributed by atoms with Gasteiger partial charge in [0, 0.05) is 44.3 Å². The minimum Gasteiger partial charge on any atom is -0.373 e. The number of fused-ring (bicyclic) bond motifs is 2. The number of piperidine rings is 1. The van der Waals surface area contributed by atoms with Crippen LogP contribution in [0.3, 0.4) is 0 Å². The van der Waals surface area contributed by atoms with Crippen molar-refractivity contribution in [2.24, 2.45) is 23.5 Å². The molecule has 1 amide bonds. The molecular weight excluding hydrogens is 314 g/mol. The van der Waals surface area contributed by atoms with Gasteiger partial charge in [0.1, 0.15) is 11.3 Å². The number of pyridine rings is 1. The number of hydrogen-bond acceptors (Lipinski definition) is 4. The van der Waals surface area contributed by atoms with Crippen LogP contribution in [0.2, 0.25) is 0 Å². The fraction of sp³-hybridized carbons (Fsp3) is 0.700. The smallest absolute Gasteiger partial charge is 0.267 e. The lowest BCUT2D eigenvalue weighted by atomic mass is 9.61. The molecule has 2 heterocycles. The summed E-state index contributed by atoms with van der Waals surface area (Å²) < 4.78 is 6.27. The van der Waals surface area contributed by atoms with Gasteiger partial charge in [0.25, 0.3) is 5.91 Å². The number of nitrogens with zero attached hydrogens (tertiary/aromatic N) is 2. The highest BCUT2D eigenvalue weighted by Crippen LogP contribution is 2.52. The molecule has 1 aliphatic heterocycles. The summed E-state index contributed by atoms with van der Waals surface area (Å²) in [4.78, 5) is 18.5. The van der Waals surface area contributed by atoms with Crippen LogP contribution in [0, 0.1) is 17.8 Å². The van der Waals surface area contributed by atoms with E-state index < -0.39 is 5.91 Å². The van der Waals surface area contributed by atoms with Gasteiger partial charge in [-0.1, -0.05) is 13.3 Å². The highest BCUT2D eigenvalue weighted by atomic mass is 16.5. The first-order valence-electron chi connectivity index (χ1n) is 9.61. The molecule has 25 heavy (non-hydrogen) atoms. The zero-order chi connectivity index (χ0) is 17.6. The van der Waals surface area contributed by atoms with Crippen molar-refractivity contribution in [1.29, 1.82) is 0 Å². The van der Waals surface area contributed by atoms with Crippen LogP contribution in [0.25, 0.3) is 0 Å². The molecule has 2 saturated carbocycles. The quantitative estimate of drug-likeness (QED) is 0.912. The van der Waals surface area contributed by atoms with E-state index in [1.807, 2.05) is 19.2 Å². The Morgan fingerprint density at radius 2 is 2.00 bits per heavy atom. The third-order valence-electron chi connectivity index (χ3n) is 7.07. The maximum atomic E-state index is 11.6. The number of carbonyl (C=O) groups is 1. The molecule has 0 radical (unpaired) electrons. The van der Waals surface area contributed by atoms with E-state index in [0.717, 1.165) is 30.6 Å². The van der Waals surface area contributed by atoms with Crippen molar-refractivity contribution >= 4 is 5.91 Å². The number of primary amides is 1. The molecule has 4 atom stereocenters. The minimum absolute atomic E-state index is 0.311. The van der Waals surface area contributed by atoms with Gasteiger partial charge in [-0.3, -0.25) is 14.7 Å². The number of hydrogen-bond donors (Lipinski definition) is 1. The van der Waals surface area contributed by atoms with E-state index >= 15 is 0 Å². The molecule has 3 unspecified atom stereocenters. The monoisotopic (exact) mass is 343 g/mol. The summed E-state index contributed by atoms with van der Waals surface area (Å²) in [5, 5.41) is 0. The molecule has 0 aromatic carbocycles. The molecule has 2 aliphatic carbocycles. The highest BCUT2D eigenvalue weighted by molar-refractivity contribution is 5.90. The lowest BCUT2D eigenvalue weighted by Crippen LogP contribution is -2.62. The van der Waals surface area contributed by atoms with Crippen LogP contribution >= 0.6 is 0 Å². The Labute approximate surface area is 149 Å². The van der Waals surface area contributed by atoms with Crippen LogP contribution in [0.4, 0.5) is 0 Å². The van der Waals surface area contributed by atoms with Crippen molar-refractivity contribution in [2.75, 3.05) is 20.2 Å². The fourth-order valence-electron chi connectivity index (χ4n) is 5.66. The number of rotatable bonds is 4. The Kier molecular flexibility index (Phi) is 4.32. The molecule has 3 aliphatic rings. The van der Waals surface area contributed by atoms with Crippen LogP contribution in [0.15, 0.2) is 18.3 Å². The standard InChI is InChI=1S/C20H29N3O2/c1-13-6-7-18(13)23-11-15-4-3-5-16(12-23)20(15,25-2)14-8-9-22-17(10-14)19(21)24/h8-10,13,15-16,18H,3-7,11-12H2,1-2H3,(H2,21,24)/t13-,15?,16?,18?,20?/m0/s1. The summed E-state index contributed by atoms with van der Waals surface area (Å²) in [7, 11) is 1.83. The maximum Gasteiger partial charge on any atom is 0.267 e. The molecule has 3 fully saturated rings. The average molecular weight is 343 g/mol. The summed E-state index contributed by atoms with van der Waals surface area (Å²) in [6.07, 6.45) is 8.01. The molecule has 5 heteroatoms. The van der Waals surface area contributed by atoms with Crippen molar-refractivity contribution in [3.8, 4) is 0 Å². The highest BCUT2D eigenvalue weighted by Gasteiger charge is 2.54. The average Bonchev–Trinajstić information content (AvgIpc) is 2.59.